The molecule has 0 aliphatic heterocycles. The van der Waals surface area contributed by atoms with Crippen LogP contribution in [0.15, 0.2) is 35.1 Å². The van der Waals surface area contributed by atoms with E-state index in [1.54, 1.807) is 13.8 Å². The predicted octanol–water partition coefficient (Wildman–Crippen LogP) is 2.36. The van der Waals surface area contributed by atoms with Crippen molar-refractivity contribution in [1.29, 1.82) is 0 Å². The molecule has 0 fully saturated rings. The van der Waals surface area contributed by atoms with Crippen LogP contribution in [0.2, 0.25) is 0 Å². The topological polar surface area (TPSA) is 97.6 Å². The molecule has 1 atom stereocenters. The molecule has 2 N–H and O–H groups in total. The lowest BCUT2D eigenvalue weighted by Gasteiger charge is -2.13. The summed E-state index contributed by atoms with van der Waals surface area (Å²) in [6.07, 6.45) is 0.120. The molecule has 1 aromatic carbocycles. The van der Waals surface area contributed by atoms with Gasteiger partial charge >= 0.3 is 0 Å². The first kappa shape index (κ1) is 19.8. The van der Waals surface area contributed by atoms with Gasteiger partial charge < -0.3 is 15.4 Å². The molecule has 2 heterocycles. The Kier molecular flexibility index (Phi) is 5.93. The number of nitrogens with one attached hydrogen (secondary N) is 2. The van der Waals surface area contributed by atoms with E-state index < -0.39 is 6.04 Å². The first-order valence-electron chi connectivity index (χ1n) is 8.99. The number of carbonyl (C=O) groups is 1. The molecule has 28 heavy (non-hydrogen) atoms. The van der Waals surface area contributed by atoms with Crippen LogP contribution in [0.4, 0.5) is 5.13 Å². The second-order valence-corrected chi connectivity index (χ2v) is 7.69. The van der Waals surface area contributed by atoms with Crippen molar-refractivity contribution in [3.8, 4) is 5.75 Å². The molecule has 1 amide bonds. The van der Waals surface area contributed by atoms with Crippen LogP contribution < -0.4 is 20.9 Å². The van der Waals surface area contributed by atoms with Crippen molar-refractivity contribution in [3.63, 3.8) is 0 Å². The second-order valence-electron chi connectivity index (χ2n) is 6.73. The Morgan fingerprint density at radius 1 is 1.25 bits per heavy atom. The highest BCUT2D eigenvalue weighted by Gasteiger charge is 2.15. The summed E-state index contributed by atoms with van der Waals surface area (Å²) in [5.41, 5.74) is 1.37. The summed E-state index contributed by atoms with van der Waals surface area (Å²) >= 11 is 1.23. The number of aryl methyl sites for hydroxylation is 1. The molecule has 0 saturated heterocycles. The van der Waals surface area contributed by atoms with Crippen molar-refractivity contribution < 1.29 is 9.53 Å². The van der Waals surface area contributed by atoms with Gasteiger partial charge in [-0.3, -0.25) is 9.59 Å². The number of anilines is 1. The van der Waals surface area contributed by atoms with Crippen LogP contribution in [0.5, 0.6) is 5.75 Å². The van der Waals surface area contributed by atoms with Crippen molar-refractivity contribution in [1.82, 2.24) is 19.9 Å². The quantitative estimate of drug-likeness (QED) is 0.631. The van der Waals surface area contributed by atoms with E-state index in [0.717, 1.165) is 11.3 Å². The van der Waals surface area contributed by atoms with Gasteiger partial charge in [-0.05, 0) is 45.4 Å². The average Bonchev–Trinajstić information content (AvgIpc) is 3.03. The molecular weight excluding hydrogens is 378 g/mol. The predicted molar refractivity (Wildman–Crippen MR) is 109 cm³/mol. The molecule has 3 rings (SSSR count). The molecule has 0 aliphatic carbocycles. The van der Waals surface area contributed by atoms with Gasteiger partial charge in [-0.15, -0.1) is 5.10 Å². The third kappa shape index (κ3) is 4.86. The normalized spacial score (nSPS) is 12.2. The van der Waals surface area contributed by atoms with Crippen molar-refractivity contribution in [2.75, 3.05) is 5.32 Å². The van der Waals surface area contributed by atoms with Crippen LogP contribution in [0.1, 0.15) is 32.0 Å². The lowest BCUT2D eigenvalue weighted by molar-refractivity contribution is -0.121. The fraction of sp³-hybridized carbons (Fsp3) is 0.368. The number of carbonyl (C=O) groups excluding carboxylic acids is 1. The Labute approximate surface area is 166 Å². The third-order valence-electron chi connectivity index (χ3n) is 3.87. The number of hydrogen-bond acceptors (Lipinski definition) is 7. The van der Waals surface area contributed by atoms with Crippen LogP contribution in [0.3, 0.4) is 0 Å². The molecule has 9 heteroatoms. The van der Waals surface area contributed by atoms with Crippen LogP contribution in [-0.2, 0) is 11.3 Å². The van der Waals surface area contributed by atoms with Crippen LogP contribution in [-0.4, -0.2) is 32.7 Å². The first-order valence-corrected chi connectivity index (χ1v) is 9.81. The fourth-order valence-corrected chi connectivity index (χ4v) is 3.47. The van der Waals surface area contributed by atoms with Gasteiger partial charge in [0.15, 0.2) is 0 Å². The molecule has 2 aromatic heterocycles. The summed E-state index contributed by atoms with van der Waals surface area (Å²) in [5, 5.41) is 10.6. The van der Waals surface area contributed by atoms with Gasteiger partial charge in [0.05, 0.1) is 6.10 Å². The summed E-state index contributed by atoms with van der Waals surface area (Å²) in [6, 6.07) is 8.52. The van der Waals surface area contributed by atoms with Crippen LogP contribution in [0, 0.1) is 6.92 Å². The number of nitrogens with zero attached hydrogens (tertiary/aromatic N) is 3. The Hall–Kier alpha value is -2.94. The molecule has 0 radical (unpaired) electrons. The molecule has 0 saturated carbocycles. The van der Waals surface area contributed by atoms with Crippen molar-refractivity contribution in [3.05, 3.63) is 51.9 Å². The minimum atomic E-state index is -0.513. The Bertz CT molecular complexity index is 1030. The summed E-state index contributed by atoms with van der Waals surface area (Å²) in [4.78, 5) is 29.1. The zero-order valence-electron chi connectivity index (χ0n) is 16.2. The van der Waals surface area contributed by atoms with E-state index in [9.17, 15) is 9.59 Å². The minimum Gasteiger partial charge on any atom is -0.491 e. The molecule has 8 nitrogen and oxygen atoms in total. The second kappa shape index (κ2) is 8.39. The molecule has 0 bridgehead atoms. The van der Waals surface area contributed by atoms with Gasteiger partial charge in [0.25, 0.3) is 5.56 Å². The highest BCUT2D eigenvalue weighted by molar-refractivity contribution is 7.20. The number of aromatic nitrogens is 3. The third-order valence-corrected chi connectivity index (χ3v) is 4.71. The smallest absolute Gasteiger partial charge is 0.275 e. The Morgan fingerprint density at radius 3 is 2.64 bits per heavy atom. The van der Waals surface area contributed by atoms with E-state index in [0.29, 0.717) is 22.3 Å². The number of ether oxygens (including phenoxy) is 1. The summed E-state index contributed by atoms with van der Waals surface area (Å²) in [7, 11) is 0. The first-order chi connectivity index (χ1) is 13.3. The molecule has 0 aliphatic rings. The van der Waals surface area contributed by atoms with Crippen LogP contribution in [0.25, 0.3) is 4.96 Å². The number of benzene rings is 1. The number of hydrogen-bond donors (Lipinski definition) is 2. The maximum atomic E-state index is 12.4. The average molecular weight is 401 g/mol. The van der Waals surface area contributed by atoms with E-state index in [4.69, 9.17) is 4.74 Å². The lowest BCUT2D eigenvalue weighted by Crippen LogP contribution is -2.37. The maximum absolute atomic E-state index is 12.4. The largest absolute Gasteiger partial charge is 0.491 e. The summed E-state index contributed by atoms with van der Waals surface area (Å²) < 4.78 is 6.84. The van der Waals surface area contributed by atoms with Crippen molar-refractivity contribution >= 4 is 27.3 Å². The van der Waals surface area contributed by atoms with E-state index in [2.05, 4.69) is 20.7 Å². The van der Waals surface area contributed by atoms with Gasteiger partial charge in [-0.25, -0.2) is 4.98 Å². The monoisotopic (exact) mass is 401 g/mol. The lowest BCUT2D eigenvalue weighted by atomic mass is 10.2. The number of rotatable bonds is 7. The van der Waals surface area contributed by atoms with E-state index >= 15 is 0 Å². The van der Waals surface area contributed by atoms with E-state index in [1.807, 2.05) is 38.1 Å². The number of amides is 1. The SMILES string of the molecule is Cc1cc(=O)n2nc(N[C@H](C)C(=O)NCc3ccc(OC(C)C)cc3)sc2n1. The van der Waals surface area contributed by atoms with Gasteiger partial charge in [0.2, 0.25) is 16.0 Å². The van der Waals surface area contributed by atoms with Crippen molar-refractivity contribution in [2.24, 2.45) is 0 Å². The molecule has 0 unspecified atom stereocenters. The maximum Gasteiger partial charge on any atom is 0.275 e. The van der Waals surface area contributed by atoms with Gasteiger partial charge in [0.1, 0.15) is 11.8 Å². The zero-order chi connectivity index (χ0) is 20.3. The zero-order valence-corrected chi connectivity index (χ0v) is 17.0. The van der Waals surface area contributed by atoms with E-state index in [1.165, 1.54) is 21.9 Å². The summed E-state index contributed by atoms with van der Waals surface area (Å²) in [5.74, 6) is 0.633. The highest BCUT2D eigenvalue weighted by atomic mass is 32.1. The minimum absolute atomic E-state index is 0.120. The highest BCUT2D eigenvalue weighted by Crippen LogP contribution is 2.17. The fourth-order valence-electron chi connectivity index (χ4n) is 2.53. The van der Waals surface area contributed by atoms with E-state index in [-0.39, 0.29) is 17.6 Å². The van der Waals surface area contributed by atoms with Crippen LogP contribution >= 0.6 is 11.3 Å². The summed E-state index contributed by atoms with van der Waals surface area (Å²) in [6.45, 7) is 7.85. The molecule has 0 spiro atoms. The Balaban J connectivity index is 1.57. The molecular formula is C19H23N5O3S. The molecule has 3 aromatic rings. The Morgan fingerprint density at radius 2 is 1.96 bits per heavy atom. The molecule has 148 valence electrons. The van der Waals surface area contributed by atoms with Gasteiger partial charge in [-0.1, -0.05) is 23.5 Å². The van der Waals surface area contributed by atoms with Crippen molar-refractivity contribution in [2.45, 2.75) is 46.4 Å². The number of fused-ring (bicyclic) bond motifs is 1. The standard InChI is InChI=1S/C19H23N5O3S/c1-11(2)27-15-7-5-14(6-8-15)10-20-17(26)13(4)22-18-23-24-16(25)9-12(3)21-19(24)28-18/h5-9,11,13H,10H2,1-4H3,(H,20,26)(H,22,23)/t13-/m1/s1. The van der Waals surface area contributed by atoms with Gasteiger partial charge in [0, 0.05) is 18.3 Å². The van der Waals surface area contributed by atoms with Gasteiger partial charge in [-0.2, -0.15) is 4.52 Å².